The molecule has 5 rings (SSSR count). The summed E-state index contributed by atoms with van der Waals surface area (Å²) in [4.78, 5) is 22.2. The van der Waals surface area contributed by atoms with Gasteiger partial charge in [0.15, 0.2) is 0 Å². The van der Waals surface area contributed by atoms with Crippen molar-refractivity contribution in [3.63, 3.8) is 0 Å². The summed E-state index contributed by atoms with van der Waals surface area (Å²) in [6.45, 7) is 1.60. The number of benzene rings is 1. The van der Waals surface area contributed by atoms with Gasteiger partial charge in [0.1, 0.15) is 11.6 Å². The van der Waals surface area contributed by atoms with Crippen molar-refractivity contribution < 1.29 is 9.90 Å². The van der Waals surface area contributed by atoms with Gasteiger partial charge in [-0.05, 0) is 18.2 Å². The number of amides is 1. The van der Waals surface area contributed by atoms with Gasteiger partial charge in [-0.15, -0.1) is 0 Å². The normalized spacial score (nSPS) is 23.5. The zero-order chi connectivity index (χ0) is 18.7. The minimum atomic E-state index is -0.949. The second-order valence-electron chi connectivity index (χ2n) is 7.21. The average Bonchev–Trinajstić information content (AvgIpc) is 2.99. The number of carbonyl (C=O) groups is 1. The third-order valence-electron chi connectivity index (χ3n) is 5.68. The maximum atomic E-state index is 10.8. The number of fused-ring (bicyclic) bond motifs is 2. The lowest BCUT2D eigenvalue weighted by molar-refractivity contribution is 0.192. The molecular weight excluding hydrogens is 366 g/mol. The first-order chi connectivity index (χ1) is 13.0. The molecule has 1 aliphatic carbocycles. The smallest absolute Gasteiger partial charge is 0.404 e. The SMILES string of the molecule is Cn1c(-c2cc(N3C[C@@H]4C(NC(=O)O)[C@@H]4C3)ncc2Cl)nc2ccccc21. The highest BCUT2D eigenvalue weighted by Crippen LogP contribution is 2.47. The summed E-state index contributed by atoms with van der Waals surface area (Å²) < 4.78 is 2.04. The Kier molecular flexibility index (Phi) is 3.55. The summed E-state index contributed by atoms with van der Waals surface area (Å²) in [6, 6.07) is 10.0. The number of imidazole rings is 1. The van der Waals surface area contributed by atoms with Crippen LogP contribution in [0.5, 0.6) is 0 Å². The molecule has 1 amide bonds. The average molecular weight is 384 g/mol. The first-order valence-corrected chi connectivity index (χ1v) is 9.22. The Hall–Kier alpha value is -2.80. The number of hydrogen-bond acceptors (Lipinski definition) is 4. The molecule has 3 aromatic rings. The van der Waals surface area contributed by atoms with Crippen molar-refractivity contribution in [2.24, 2.45) is 18.9 Å². The molecule has 8 heteroatoms. The van der Waals surface area contributed by atoms with Gasteiger partial charge in [0.05, 0.1) is 16.1 Å². The molecule has 0 spiro atoms. The molecule has 1 aliphatic heterocycles. The largest absolute Gasteiger partial charge is 0.465 e. The molecular formula is C19H18ClN5O2. The number of aryl methyl sites for hydroxylation is 1. The van der Waals surface area contributed by atoms with E-state index in [9.17, 15) is 4.79 Å². The summed E-state index contributed by atoms with van der Waals surface area (Å²) in [5, 5.41) is 12.0. The van der Waals surface area contributed by atoms with E-state index in [1.165, 1.54) is 0 Å². The Morgan fingerprint density at radius 1 is 1.30 bits per heavy atom. The molecule has 1 aromatic carbocycles. The fourth-order valence-corrected chi connectivity index (χ4v) is 4.42. The highest BCUT2D eigenvalue weighted by molar-refractivity contribution is 6.33. The lowest BCUT2D eigenvalue weighted by Gasteiger charge is -2.21. The number of hydrogen-bond donors (Lipinski definition) is 2. The zero-order valence-corrected chi connectivity index (χ0v) is 15.4. The molecule has 2 aromatic heterocycles. The quantitative estimate of drug-likeness (QED) is 0.726. The van der Waals surface area contributed by atoms with Gasteiger partial charge in [0.2, 0.25) is 0 Å². The van der Waals surface area contributed by atoms with E-state index in [1.54, 1.807) is 6.20 Å². The van der Waals surface area contributed by atoms with Crippen LogP contribution in [0.2, 0.25) is 5.02 Å². The van der Waals surface area contributed by atoms with Crippen LogP contribution in [-0.2, 0) is 7.05 Å². The Labute approximate surface area is 160 Å². The third kappa shape index (κ3) is 2.61. The number of anilines is 1. The van der Waals surface area contributed by atoms with E-state index in [0.717, 1.165) is 41.3 Å². The number of pyridine rings is 1. The van der Waals surface area contributed by atoms with Gasteiger partial charge >= 0.3 is 6.09 Å². The van der Waals surface area contributed by atoms with Gasteiger partial charge in [-0.1, -0.05) is 23.7 Å². The van der Waals surface area contributed by atoms with Crippen LogP contribution >= 0.6 is 11.6 Å². The Morgan fingerprint density at radius 3 is 2.74 bits per heavy atom. The molecule has 3 heterocycles. The molecule has 2 aliphatic rings. The number of nitrogens with zero attached hydrogens (tertiary/aromatic N) is 4. The van der Waals surface area contributed by atoms with Crippen LogP contribution in [0, 0.1) is 11.8 Å². The van der Waals surface area contributed by atoms with Crippen molar-refractivity contribution in [3.8, 4) is 11.4 Å². The predicted molar refractivity (Wildman–Crippen MR) is 103 cm³/mol. The molecule has 1 saturated heterocycles. The predicted octanol–water partition coefficient (Wildman–Crippen LogP) is 2.99. The Bertz CT molecular complexity index is 1050. The van der Waals surface area contributed by atoms with Gasteiger partial charge in [-0.2, -0.15) is 0 Å². The van der Waals surface area contributed by atoms with Crippen LogP contribution in [0.15, 0.2) is 36.5 Å². The minimum absolute atomic E-state index is 0.0744. The van der Waals surface area contributed by atoms with E-state index >= 15 is 0 Å². The zero-order valence-electron chi connectivity index (χ0n) is 14.6. The van der Waals surface area contributed by atoms with Crippen LogP contribution in [-0.4, -0.2) is 44.9 Å². The Morgan fingerprint density at radius 2 is 2.04 bits per heavy atom. The van der Waals surface area contributed by atoms with Crippen molar-refractivity contribution in [2.45, 2.75) is 6.04 Å². The van der Waals surface area contributed by atoms with Gasteiger partial charge in [-0.25, -0.2) is 14.8 Å². The first kappa shape index (κ1) is 16.4. The molecule has 138 valence electrons. The van der Waals surface area contributed by atoms with Gasteiger partial charge in [0, 0.05) is 49.8 Å². The summed E-state index contributed by atoms with van der Waals surface area (Å²) >= 11 is 6.45. The first-order valence-electron chi connectivity index (χ1n) is 8.84. The molecule has 3 atom stereocenters. The summed E-state index contributed by atoms with van der Waals surface area (Å²) in [7, 11) is 1.98. The second-order valence-corrected chi connectivity index (χ2v) is 7.62. The van der Waals surface area contributed by atoms with Crippen molar-refractivity contribution in [1.29, 1.82) is 0 Å². The maximum absolute atomic E-state index is 10.8. The van der Waals surface area contributed by atoms with E-state index in [1.807, 2.05) is 41.9 Å². The van der Waals surface area contributed by atoms with Crippen LogP contribution < -0.4 is 10.2 Å². The Balaban J connectivity index is 1.44. The molecule has 2 N–H and O–H groups in total. The number of nitrogens with one attached hydrogen (secondary N) is 1. The minimum Gasteiger partial charge on any atom is -0.465 e. The fourth-order valence-electron chi connectivity index (χ4n) is 4.23. The van der Waals surface area contributed by atoms with E-state index in [-0.39, 0.29) is 6.04 Å². The summed E-state index contributed by atoms with van der Waals surface area (Å²) in [5.74, 6) is 2.37. The number of para-hydroxylation sites is 2. The number of rotatable bonds is 3. The molecule has 1 saturated carbocycles. The van der Waals surface area contributed by atoms with Gasteiger partial charge in [-0.3, -0.25) is 0 Å². The van der Waals surface area contributed by atoms with Crippen LogP contribution in [0.3, 0.4) is 0 Å². The molecule has 0 bridgehead atoms. The highest BCUT2D eigenvalue weighted by Gasteiger charge is 2.56. The van der Waals surface area contributed by atoms with E-state index in [2.05, 4.69) is 15.2 Å². The number of piperidine rings is 1. The maximum Gasteiger partial charge on any atom is 0.404 e. The van der Waals surface area contributed by atoms with E-state index in [4.69, 9.17) is 21.7 Å². The molecule has 27 heavy (non-hydrogen) atoms. The topological polar surface area (TPSA) is 83.3 Å². The van der Waals surface area contributed by atoms with Crippen molar-refractivity contribution in [1.82, 2.24) is 19.9 Å². The van der Waals surface area contributed by atoms with Crippen molar-refractivity contribution in [3.05, 3.63) is 41.6 Å². The number of carboxylic acid groups (broad SMARTS) is 1. The number of halogens is 1. The van der Waals surface area contributed by atoms with Gasteiger partial charge < -0.3 is 19.9 Å². The monoisotopic (exact) mass is 383 g/mol. The molecule has 0 radical (unpaired) electrons. The lowest BCUT2D eigenvalue weighted by Crippen LogP contribution is -2.34. The third-order valence-corrected chi connectivity index (χ3v) is 5.98. The fraction of sp³-hybridized carbons (Fsp3) is 0.316. The lowest BCUT2D eigenvalue weighted by atomic mass is 10.2. The van der Waals surface area contributed by atoms with E-state index < -0.39 is 6.09 Å². The molecule has 1 unspecified atom stereocenters. The molecule has 2 fully saturated rings. The number of aromatic nitrogens is 3. The standard InChI is InChI=1S/C19H18ClN5O2/c1-24-15-5-3-2-4-14(15)22-18(24)10-6-16(21-7-13(10)20)25-8-11-12(9-25)17(11)23-19(26)27/h2-7,11-12,17,23H,8-9H2,1H3,(H,26,27)/t11-,12+,17?. The van der Waals surface area contributed by atoms with Crippen molar-refractivity contribution in [2.75, 3.05) is 18.0 Å². The van der Waals surface area contributed by atoms with Crippen molar-refractivity contribution >= 4 is 34.5 Å². The summed E-state index contributed by atoms with van der Waals surface area (Å²) in [6.07, 6.45) is 0.720. The highest BCUT2D eigenvalue weighted by atomic mass is 35.5. The van der Waals surface area contributed by atoms with Gasteiger partial charge in [0.25, 0.3) is 0 Å². The second kappa shape index (κ2) is 5.85. The molecule has 7 nitrogen and oxygen atoms in total. The summed E-state index contributed by atoms with van der Waals surface area (Å²) in [5.41, 5.74) is 2.82. The van der Waals surface area contributed by atoms with Crippen LogP contribution in [0.25, 0.3) is 22.4 Å². The van der Waals surface area contributed by atoms with Crippen LogP contribution in [0.1, 0.15) is 0 Å². The van der Waals surface area contributed by atoms with Crippen LogP contribution in [0.4, 0.5) is 10.6 Å². The van der Waals surface area contributed by atoms with E-state index in [0.29, 0.717) is 16.9 Å².